The molecular weight excluding hydrogens is 258 g/mol. The van der Waals surface area contributed by atoms with Gasteiger partial charge in [-0.1, -0.05) is 46.8 Å². The van der Waals surface area contributed by atoms with E-state index in [-0.39, 0.29) is 6.10 Å². The fraction of sp³-hybridized carbons (Fsp3) is 0.684. The zero-order valence-corrected chi connectivity index (χ0v) is 14.3. The third-order valence-electron chi connectivity index (χ3n) is 4.78. The second-order valence-electron chi connectivity index (χ2n) is 7.30. The quantitative estimate of drug-likeness (QED) is 0.845. The molecule has 1 saturated carbocycles. The van der Waals surface area contributed by atoms with Crippen LogP contribution in [-0.2, 0) is 0 Å². The van der Waals surface area contributed by atoms with Crippen molar-refractivity contribution in [2.45, 2.75) is 71.9 Å². The predicted octanol–water partition coefficient (Wildman–Crippen LogP) is 4.75. The van der Waals surface area contributed by atoms with Crippen LogP contribution in [0, 0.1) is 5.41 Å². The molecule has 0 bridgehead atoms. The highest BCUT2D eigenvalue weighted by atomic mass is 16.5. The van der Waals surface area contributed by atoms with Gasteiger partial charge in [0.2, 0.25) is 0 Å². The van der Waals surface area contributed by atoms with E-state index in [2.05, 4.69) is 64.2 Å². The zero-order valence-electron chi connectivity index (χ0n) is 14.3. The molecule has 0 aromatic heterocycles. The van der Waals surface area contributed by atoms with Crippen molar-refractivity contribution in [2.24, 2.45) is 5.41 Å². The number of hydrogen-bond acceptors (Lipinski definition) is 2. The number of nitrogens with one attached hydrogen (secondary N) is 1. The summed E-state index contributed by atoms with van der Waals surface area (Å²) >= 11 is 0. The average molecular weight is 289 g/mol. The Balaban J connectivity index is 2.09. The third kappa shape index (κ3) is 4.00. The average Bonchev–Trinajstić information content (AvgIpc) is 2.43. The second kappa shape index (κ2) is 6.83. The largest absolute Gasteiger partial charge is 0.489 e. The molecule has 1 aromatic carbocycles. The first-order chi connectivity index (χ1) is 9.94. The minimum absolute atomic E-state index is 0.276. The molecule has 0 heterocycles. The first kappa shape index (κ1) is 16.4. The van der Waals surface area contributed by atoms with Gasteiger partial charge in [-0.25, -0.2) is 0 Å². The van der Waals surface area contributed by atoms with Crippen LogP contribution in [0.1, 0.15) is 65.4 Å². The molecular formula is C19H31NO. The number of likely N-dealkylation sites (N-methyl/N-ethyl adjacent to an activating group) is 1. The molecule has 21 heavy (non-hydrogen) atoms. The summed E-state index contributed by atoms with van der Waals surface area (Å²) in [6.07, 6.45) is 3.95. The third-order valence-corrected chi connectivity index (χ3v) is 4.78. The van der Waals surface area contributed by atoms with Crippen LogP contribution in [0.15, 0.2) is 24.3 Å². The molecule has 0 radical (unpaired) electrons. The standard InChI is InChI=1S/C19H31NO/c1-6-20-18-17(8-7-13-19(18,4)5)21-16-11-9-15(10-12-16)14(2)3/h9-12,14,17-18,20H,6-8,13H2,1-5H3. The molecule has 0 spiro atoms. The van der Waals surface area contributed by atoms with Crippen molar-refractivity contribution < 1.29 is 4.74 Å². The predicted molar refractivity (Wildman–Crippen MR) is 90.0 cm³/mol. The van der Waals surface area contributed by atoms with Gasteiger partial charge in [-0.05, 0) is 54.8 Å². The summed E-state index contributed by atoms with van der Waals surface area (Å²) in [5, 5.41) is 3.65. The Labute approximate surface area is 130 Å². The monoisotopic (exact) mass is 289 g/mol. The first-order valence-electron chi connectivity index (χ1n) is 8.44. The molecule has 2 atom stereocenters. The molecule has 0 saturated heterocycles. The van der Waals surface area contributed by atoms with Gasteiger partial charge in [-0.3, -0.25) is 0 Å². The SMILES string of the molecule is CCNC1C(Oc2ccc(C(C)C)cc2)CCCC1(C)C. The van der Waals surface area contributed by atoms with E-state index in [0.717, 1.165) is 18.7 Å². The summed E-state index contributed by atoms with van der Waals surface area (Å²) in [4.78, 5) is 0. The van der Waals surface area contributed by atoms with Crippen molar-refractivity contribution in [3.05, 3.63) is 29.8 Å². The molecule has 1 aliphatic rings. The fourth-order valence-corrected chi connectivity index (χ4v) is 3.44. The Bertz CT molecular complexity index is 435. The normalized spacial score (nSPS) is 25.0. The minimum Gasteiger partial charge on any atom is -0.489 e. The molecule has 1 aromatic rings. The van der Waals surface area contributed by atoms with Gasteiger partial charge in [-0.15, -0.1) is 0 Å². The van der Waals surface area contributed by atoms with Crippen molar-refractivity contribution in [3.63, 3.8) is 0 Å². The molecule has 0 aliphatic heterocycles. The zero-order chi connectivity index (χ0) is 15.5. The molecule has 1 N–H and O–H groups in total. The molecule has 2 rings (SSSR count). The van der Waals surface area contributed by atoms with E-state index < -0.39 is 0 Å². The van der Waals surface area contributed by atoms with Crippen LogP contribution in [0.3, 0.4) is 0 Å². The summed E-state index contributed by atoms with van der Waals surface area (Å²) in [6.45, 7) is 12.3. The van der Waals surface area contributed by atoms with Gasteiger partial charge in [-0.2, -0.15) is 0 Å². The Hall–Kier alpha value is -1.02. The van der Waals surface area contributed by atoms with E-state index in [9.17, 15) is 0 Å². The molecule has 118 valence electrons. The molecule has 1 aliphatic carbocycles. The number of benzene rings is 1. The lowest BCUT2D eigenvalue weighted by Gasteiger charge is -2.44. The second-order valence-corrected chi connectivity index (χ2v) is 7.30. The number of rotatable bonds is 5. The summed E-state index contributed by atoms with van der Waals surface area (Å²) in [5.41, 5.74) is 1.67. The van der Waals surface area contributed by atoms with Crippen LogP contribution >= 0.6 is 0 Å². The number of hydrogen-bond donors (Lipinski definition) is 1. The lowest BCUT2D eigenvalue weighted by molar-refractivity contribution is 0.0372. The van der Waals surface area contributed by atoms with Crippen LogP contribution in [0.25, 0.3) is 0 Å². The van der Waals surface area contributed by atoms with Gasteiger partial charge in [0.1, 0.15) is 11.9 Å². The number of ether oxygens (including phenoxy) is 1. The summed E-state index contributed by atoms with van der Waals surface area (Å²) in [5.74, 6) is 1.58. The maximum Gasteiger partial charge on any atom is 0.119 e. The van der Waals surface area contributed by atoms with Crippen molar-refractivity contribution in [2.75, 3.05) is 6.54 Å². The van der Waals surface area contributed by atoms with Crippen LogP contribution in [0.2, 0.25) is 0 Å². The summed E-state index contributed by atoms with van der Waals surface area (Å²) in [6, 6.07) is 9.06. The highest BCUT2D eigenvalue weighted by Crippen LogP contribution is 2.37. The van der Waals surface area contributed by atoms with Crippen molar-refractivity contribution >= 4 is 0 Å². The van der Waals surface area contributed by atoms with Crippen molar-refractivity contribution in [3.8, 4) is 5.75 Å². The van der Waals surface area contributed by atoms with Gasteiger partial charge < -0.3 is 10.1 Å². The Morgan fingerprint density at radius 3 is 2.48 bits per heavy atom. The molecule has 2 unspecified atom stereocenters. The molecule has 2 heteroatoms. The maximum absolute atomic E-state index is 6.33. The van der Waals surface area contributed by atoms with Crippen LogP contribution in [0.4, 0.5) is 0 Å². The van der Waals surface area contributed by atoms with Gasteiger partial charge in [0, 0.05) is 6.04 Å². The highest BCUT2D eigenvalue weighted by molar-refractivity contribution is 5.29. The van der Waals surface area contributed by atoms with Gasteiger partial charge in [0.05, 0.1) is 0 Å². The van der Waals surface area contributed by atoms with Crippen molar-refractivity contribution in [1.29, 1.82) is 0 Å². The molecule has 2 nitrogen and oxygen atoms in total. The Kier molecular flexibility index (Phi) is 5.32. The highest BCUT2D eigenvalue weighted by Gasteiger charge is 2.39. The van der Waals surface area contributed by atoms with E-state index in [1.54, 1.807) is 0 Å². The first-order valence-corrected chi connectivity index (χ1v) is 8.44. The maximum atomic E-state index is 6.33. The van der Waals surface area contributed by atoms with E-state index in [0.29, 0.717) is 17.4 Å². The van der Waals surface area contributed by atoms with Gasteiger partial charge in [0.25, 0.3) is 0 Å². The van der Waals surface area contributed by atoms with Gasteiger partial charge >= 0.3 is 0 Å². The fourth-order valence-electron chi connectivity index (χ4n) is 3.44. The molecule has 0 amide bonds. The van der Waals surface area contributed by atoms with Crippen LogP contribution in [0.5, 0.6) is 5.75 Å². The van der Waals surface area contributed by atoms with Crippen molar-refractivity contribution in [1.82, 2.24) is 5.32 Å². The summed E-state index contributed by atoms with van der Waals surface area (Å²) < 4.78 is 6.33. The van der Waals surface area contributed by atoms with E-state index in [4.69, 9.17) is 4.74 Å². The van der Waals surface area contributed by atoms with Gasteiger partial charge in [0.15, 0.2) is 0 Å². The minimum atomic E-state index is 0.276. The molecule has 1 fully saturated rings. The summed E-state index contributed by atoms with van der Waals surface area (Å²) in [7, 11) is 0. The lowest BCUT2D eigenvalue weighted by atomic mass is 9.71. The van der Waals surface area contributed by atoms with Crippen LogP contribution in [-0.4, -0.2) is 18.7 Å². The lowest BCUT2D eigenvalue weighted by Crippen LogP contribution is -2.54. The van der Waals surface area contributed by atoms with E-state index >= 15 is 0 Å². The Morgan fingerprint density at radius 1 is 1.24 bits per heavy atom. The Morgan fingerprint density at radius 2 is 1.90 bits per heavy atom. The topological polar surface area (TPSA) is 21.3 Å². The smallest absolute Gasteiger partial charge is 0.119 e. The van der Waals surface area contributed by atoms with E-state index in [1.165, 1.54) is 18.4 Å². The van der Waals surface area contributed by atoms with E-state index in [1.807, 2.05) is 0 Å². The van der Waals surface area contributed by atoms with Crippen LogP contribution < -0.4 is 10.1 Å².